The fourth-order valence-electron chi connectivity index (χ4n) is 1.58. The van der Waals surface area contributed by atoms with Crippen LogP contribution in [-0.4, -0.2) is 15.3 Å². The van der Waals surface area contributed by atoms with E-state index in [-0.39, 0.29) is 5.75 Å². The van der Waals surface area contributed by atoms with Gasteiger partial charge in [-0.05, 0) is 47.0 Å². The topological polar surface area (TPSA) is 74.9 Å². The van der Waals surface area contributed by atoms with Crippen LogP contribution in [0.15, 0.2) is 16.7 Å². The summed E-state index contributed by atoms with van der Waals surface area (Å²) in [6, 6.07) is 1.90. The molecule has 1 aromatic heterocycles. The second kappa shape index (κ2) is 3.83. The maximum absolute atomic E-state index is 10.1. The van der Waals surface area contributed by atoms with Gasteiger partial charge in [-0.25, -0.2) is 0 Å². The Balaban J connectivity index is 2.72. The zero-order valence-electron chi connectivity index (χ0n) is 9.00. The Bertz CT molecular complexity index is 548. The number of nitrogens with two attached hydrogens (primary N) is 1. The first-order valence-electron chi connectivity index (χ1n) is 4.80. The largest absolute Gasteiger partial charge is 0.506 e. The van der Waals surface area contributed by atoms with Crippen LogP contribution in [0.1, 0.15) is 11.1 Å². The molecule has 0 amide bonds. The van der Waals surface area contributed by atoms with Crippen LogP contribution in [0.2, 0.25) is 0 Å². The molecule has 16 heavy (non-hydrogen) atoms. The normalized spacial score (nSPS) is 10.7. The first-order chi connectivity index (χ1) is 7.52. The van der Waals surface area contributed by atoms with Gasteiger partial charge in [0.05, 0.1) is 10.7 Å². The van der Waals surface area contributed by atoms with E-state index < -0.39 is 0 Å². The number of nitrogen functional groups attached to an aromatic ring is 1. The van der Waals surface area contributed by atoms with Crippen molar-refractivity contribution in [2.45, 2.75) is 13.8 Å². The van der Waals surface area contributed by atoms with Crippen LogP contribution in [0.5, 0.6) is 5.75 Å². The van der Waals surface area contributed by atoms with E-state index in [1.807, 2.05) is 19.9 Å². The molecule has 0 bridgehead atoms. The minimum Gasteiger partial charge on any atom is -0.506 e. The summed E-state index contributed by atoms with van der Waals surface area (Å²) in [6.07, 6.45) is 1.60. The molecule has 5 heteroatoms. The fraction of sp³-hybridized carbons (Fsp3) is 0.182. The SMILES string of the molecule is Cc1cc(-c2cn[nH]c2N)c(O)c(Br)c1C. The van der Waals surface area contributed by atoms with Gasteiger partial charge in [0.25, 0.3) is 0 Å². The molecule has 0 aliphatic carbocycles. The van der Waals surface area contributed by atoms with Crippen LogP contribution in [0, 0.1) is 13.8 Å². The van der Waals surface area contributed by atoms with Crippen molar-refractivity contribution >= 4 is 21.7 Å². The second-order valence-corrected chi connectivity index (χ2v) is 4.52. The molecule has 0 atom stereocenters. The van der Waals surface area contributed by atoms with E-state index in [1.54, 1.807) is 6.20 Å². The highest BCUT2D eigenvalue weighted by Gasteiger charge is 2.15. The molecule has 0 aliphatic rings. The highest BCUT2D eigenvalue weighted by Crippen LogP contribution is 2.40. The molecule has 4 nitrogen and oxygen atoms in total. The van der Waals surface area contributed by atoms with Gasteiger partial charge >= 0.3 is 0 Å². The van der Waals surface area contributed by atoms with Gasteiger partial charge in [-0.15, -0.1) is 0 Å². The fourth-order valence-corrected chi connectivity index (χ4v) is 2.10. The third-order valence-electron chi connectivity index (χ3n) is 2.70. The van der Waals surface area contributed by atoms with Gasteiger partial charge in [0.1, 0.15) is 11.6 Å². The van der Waals surface area contributed by atoms with Crippen LogP contribution >= 0.6 is 15.9 Å². The van der Waals surface area contributed by atoms with Gasteiger partial charge < -0.3 is 10.8 Å². The molecule has 2 aromatic rings. The summed E-state index contributed by atoms with van der Waals surface area (Å²) in [7, 11) is 0. The van der Waals surface area contributed by atoms with E-state index >= 15 is 0 Å². The average molecular weight is 282 g/mol. The van der Waals surface area contributed by atoms with Crippen LogP contribution in [0.4, 0.5) is 5.82 Å². The number of aromatic hydroxyl groups is 1. The summed E-state index contributed by atoms with van der Waals surface area (Å²) in [5.41, 5.74) is 9.23. The van der Waals surface area contributed by atoms with E-state index in [1.165, 1.54) is 0 Å². The lowest BCUT2D eigenvalue weighted by Crippen LogP contribution is -1.91. The minimum atomic E-state index is 0.191. The predicted octanol–water partition coefficient (Wildman–Crippen LogP) is 2.74. The molecule has 4 N–H and O–H groups in total. The number of phenolic OH excluding ortho intramolecular Hbond substituents is 1. The quantitative estimate of drug-likeness (QED) is 0.752. The van der Waals surface area contributed by atoms with Gasteiger partial charge in [0, 0.05) is 11.1 Å². The molecule has 1 aromatic carbocycles. The molecule has 0 aliphatic heterocycles. The van der Waals surface area contributed by atoms with Crippen LogP contribution < -0.4 is 5.73 Å². The Kier molecular flexibility index (Phi) is 2.63. The Morgan fingerprint density at radius 2 is 2.06 bits per heavy atom. The van der Waals surface area contributed by atoms with Gasteiger partial charge in [-0.2, -0.15) is 5.10 Å². The van der Waals surface area contributed by atoms with Crippen LogP contribution in [-0.2, 0) is 0 Å². The first-order valence-corrected chi connectivity index (χ1v) is 5.59. The van der Waals surface area contributed by atoms with E-state index in [9.17, 15) is 5.11 Å². The van der Waals surface area contributed by atoms with Crippen molar-refractivity contribution in [3.63, 3.8) is 0 Å². The van der Waals surface area contributed by atoms with Crippen molar-refractivity contribution in [3.05, 3.63) is 27.9 Å². The predicted molar refractivity (Wildman–Crippen MR) is 67.3 cm³/mol. The number of hydrogen-bond donors (Lipinski definition) is 3. The standard InChI is InChI=1S/C11H12BrN3O/c1-5-3-7(8-4-14-15-11(8)13)10(16)9(12)6(5)2/h3-4,16H,1-2H3,(H3,13,14,15). The highest BCUT2D eigenvalue weighted by molar-refractivity contribution is 9.10. The van der Waals surface area contributed by atoms with Crippen molar-refractivity contribution < 1.29 is 5.11 Å². The number of nitrogens with zero attached hydrogens (tertiary/aromatic N) is 1. The molecule has 1 heterocycles. The minimum absolute atomic E-state index is 0.191. The molecular formula is C11H12BrN3O. The van der Waals surface area contributed by atoms with Crippen LogP contribution in [0.3, 0.4) is 0 Å². The molecule has 2 rings (SSSR count). The molecule has 0 radical (unpaired) electrons. The lowest BCUT2D eigenvalue weighted by atomic mass is 10.0. The number of nitrogens with one attached hydrogen (secondary N) is 1. The molecule has 84 valence electrons. The number of aromatic amines is 1. The summed E-state index contributed by atoms with van der Waals surface area (Å²) < 4.78 is 0.697. The lowest BCUT2D eigenvalue weighted by Gasteiger charge is -2.10. The van der Waals surface area contributed by atoms with Crippen molar-refractivity contribution in [2.75, 3.05) is 5.73 Å². The first kappa shape index (κ1) is 11.0. The summed E-state index contributed by atoms with van der Waals surface area (Å²) >= 11 is 3.37. The molecular weight excluding hydrogens is 270 g/mol. The monoisotopic (exact) mass is 281 g/mol. The Labute approximate surface area is 102 Å². The number of H-pyrrole nitrogens is 1. The summed E-state index contributed by atoms with van der Waals surface area (Å²) in [5.74, 6) is 0.640. The van der Waals surface area contributed by atoms with E-state index in [2.05, 4.69) is 26.1 Å². The number of rotatable bonds is 1. The third-order valence-corrected chi connectivity index (χ3v) is 3.67. The zero-order chi connectivity index (χ0) is 11.9. The van der Waals surface area contributed by atoms with E-state index in [4.69, 9.17) is 5.73 Å². The smallest absolute Gasteiger partial charge is 0.138 e. The van der Waals surface area contributed by atoms with Crippen molar-refractivity contribution in [1.82, 2.24) is 10.2 Å². The number of hydrogen-bond acceptors (Lipinski definition) is 3. The van der Waals surface area contributed by atoms with E-state index in [0.717, 1.165) is 11.1 Å². The number of phenols is 1. The summed E-state index contributed by atoms with van der Waals surface area (Å²) in [6.45, 7) is 3.93. The maximum atomic E-state index is 10.1. The highest BCUT2D eigenvalue weighted by atomic mass is 79.9. The van der Waals surface area contributed by atoms with E-state index in [0.29, 0.717) is 21.4 Å². The number of anilines is 1. The van der Waals surface area contributed by atoms with Gasteiger partial charge in [0.15, 0.2) is 0 Å². The number of benzene rings is 1. The van der Waals surface area contributed by atoms with Crippen molar-refractivity contribution in [2.24, 2.45) is 0 Å². The maximum Gasteiger partial charge on any atom is 0.138 e. The molecule has 0 fully saturated rings. The van der Waals surface area contributed by atoms with Gasteiger partial charge in [0.2, 0.25) is 0 Å². The lowest BCUT2D eigenvalue weighted by molar-refractivity contribution is 0.473. The Hall–Kier alpha value is -1.49. The third kappa shape index (κ3) is 1.57. The van der Waals surface area contributed by atoms with Crippen molar-refractivity contribution in [3.8, 4) is 16.9 Å². The van der Waals surface area contributed by atoms with Crippen molar-refractivity contribution in [1.29, 1.82) is 0 Å². The summed E-state index contributed by atoms with van der Waals surface area (Å²) in [5, 5.41) is 16.5. The molecule has 0 saturated heterocycles. The Morgan fingerprint density at radius 3 is 2.62 bits per heavy atom. The molecule has 0 unspecified atom stereocenters. The number of halogens is 1. The molecule has 0 saturated carbocycles. The zero-order valence-corrected chi connectivity index (χ0v) is 10.6. The van der Waals surface area contributed by atoms with Crippen LogP contribution in [0.25, 0.3) is 11.1 Å². The molecule has 0 spiro atoms. The Morgan fingerprint density at radius 1 is 1.38 bits per heavy atom. The number of aromatic nitrogens is 2. The summed E-state index contributed by atoms with van der Waals surface area (Å²) in [4.78, 5) is 0. The van der Waals surface area contributed by atoms with Gasteiger partial charge in [-0.3, -0.25) is 5.10 Å². The van der Waals surface area contributed by atoms with Gasteiger partial charge in [-0.1, -0.05) is 0 Å². The second-order valence-electron chi connectivity index (χ2n) is 3.73. The number of aryl methyl sites for hydroxylation is 1. The average Bonchev–Trinajstić information content (AvgIpc) is 2.67.